The molecule has 1 aromatic heterocycles. The summed E-state index contributed by atoms with van der Waals surface area (Å²) in [5.74, 6) is 0.144. The van der Waals surface area contributed by atoms with E-state index in [2.05, 4.69) is 15.5 Å². The summed E-state index contributed by atoms with van der Waals surface area (Å²) >= 11 is 2.90. The molecular formula is C12H18N4O2S2. The first-order chi connectivity index (χ1) is 9.35. The first-order valence-electron chi connectivity index (χ1n) is 6.36. The largest absolute Gasteiger partial charge is 0.325 e. The van der Waals surface area contributed by atoms with Crippen LogP contribution in [0.25, 0.3) is 0 Å². The molecule has 20 heavy (non-hydrogen) atoms. The van der Waals surface area contributed by atoms with Crippen molar-refractivity contribution in [1.29, 1.82) is 0 Å². The van der Waals surface area contributed by atoms with Crippen molar-refractivity contribution in [2.45, 2.75) is 43.6 Å². The van der Waals surface area contributed by atoms with E-state index < -0.39 is 5.54 Å². The molecule has 1 saturated heterocycles. The fourth-order valence-electron chi connectivity index (χ4n) is 2.37. The highest BCUT2D eigenvalue weighted by atomic mass is 32.2. The van der Waals surface area contributed by atoms with E-state index in [0.29, 0.717) is 17.3 Å². The van der Waals surface area contributed by atoms with Crippen LogP contribution in [0.15, 0.2) is 4.34 Å². The number of rotatable bonds is 5. The number of thioether (sulfide) groups is 1. The van der Waals surface area contributed by atoms with Crippen molar-refractivity contribution in [3.8, 4) is 0 Å². The van der Waals surface area contributed by atoms with Crippen molar-refractivity contribution in [3.63, 3.8) is 0 Å². The number of amides is 3. The summed E-state index contributed by atoms with van der Waals surface area (Å²) < 4.78 is 0.831. The van der Waals surface area contributed by atoms with Crippen LogP contribution < -0.4 is 5.32 Å². The molecule has 0 unspecified atom stereocenters. The molecule has 8 heteroatoms. The second kappa shape index (κ2) is 5.69. The number of urea groups is 1. The third-order valence-corrected chi connectivity index (χ3v) is 4.96. The molecule has 1 N–H and O–H groups in total. The van der Waals surface area contributed by atoms with Crippen molar-refractivity contribution in [1.82, 2.24) is 20.4 Å². The molecule has 0 aliphatic carbocycles. The summed E-state index contributed by atoms with van der Waals surface area (Å²) in [6.45, 7) is 6.03. The first-order valence-corrected chi connectivity index (χ1v) is 8.40. The maximum absolute atomic E-state index is 12.4. The minimum Gasteiger partial charge on any atom is -0.323 e. The zero-order valence-electron chi connectivity index (χ0n) is 12.0. The van der Waals surface area contributed by atoms with Crippen LogP contribution in [0.4, 0.5) is 4.79 Å². The second-order valence-electron chi connectivity index (χ2n) is 5.42. The molecule has 1 aliphatic rings. The van der Waals surface area contributed by atoms with Crippen LogP contribution in [0, 0.1) is 5.92 Å². The zero-order chi connectivity index (χ0) is 14.9. The van der Waals surface area contributed by atoms with E-state index in [1.165, 1.54) is 28.0 Å². The molecule has 1 aromatic rings. The average Bonchev–Trinajstić information content (AvgIpc) is 2.88. The molecule has 110 valence electrons. The van der Waals surface area contributed by atoms with E-state index in [9.17, 15) is 9.59 Å². The van der Waals surface area contributed by atoms with Crippen LogP contribution >= 0.6 is 23.1 Å². The van der Waals surface area contributed by atoms with Crippen LogP contribution in [0.1, 0.15) is 32.2 Å². The Morgan fingerprint density at radius 1 is 1.40 bits per heavy atom. The maximum Gasteiger partial charge on any atom is 0.325 e. The van der Waals surface area contributed by atoms with E-state index in [1.54, 1.807) is 6.92 Å². The monoisotopic (exact) mass is 314 g/mol. The van der Waals surface area contributed by atoms with Gasteiger partial charge in [-0.15, -0.1) is 10.2 Å². The summed E-state index contributed by atoms with van der Waals surface area (Å²) in [4.78, 5) is 25.7. The van der Waals surface area contributed by atoms with Gasteiger partial charge in [0, 0.05) is 0 Å². The lowest BCUT2D eigenvalue weighted by Crippen LogP contribution is -2.44. The standard InChI is InChI=1S/C12H18N4O2S2/c1-7(2)5-12(3)9(17)16(10(18)13-12)6-8-14-15-11(19-4)20-8/h7H,5-6H2,1-4H3,(H,13,18)/t12-/m0/s1. The molecular weight excluding hydrogens is 296 g/mol. The minimum absolute atomic E-state index is 0.183. The Bertz CT molecular complexity index is 531. The molecule has 6 nitrogen and oxygen atoms in total. The predicted molar refractivity (Wildman–Crippen MR) is 78.6 cm³/mol. The van der Waals surface area contributed by atoms with Gasteiger partial charge in [0.15, 0.2) is 4.34 Å². The highest BCUT2D eigenvalue weighted by Gasteiger charge is 2.47. The van der Waals surface area contributed by atoms with Gasteiger partial charge in [-0.05, 0) is 25.5 Å². The van der Waals surface area contributed by atoms with Crippen LogP contribution in [-0.2, 0) is 11.3 Å². The number of nitrogens with one attached hydrogen (secondary N) is 1. The number of nitrogens with zero attached hydrogens (tertiary/aromatic N) is 3. The van der Waals surface area contributed by atoms with Gasteiger partial charge in [-0.25, -0.2) is 4.79 Å². The van der Waals surface area contributed by atoms with E-state index in [4.69, 9.17) is 0 Å². The molecule has 0 spiro atoms. The number of aromatic nitrogens is 2. The fraction of sp³-hybridized carbons (Fsp3) is 0.667. The van der Waals surface area contributed by atoms with Gasteiger partial charge < -0.3 is 5.32 Å². The number of hydrogen-bond donors (Lipinski definition) is 1. The molecule has 0 aromatic carbocycles. The van der Waals surface area contributed by atoms with Gasteiger partial charge >= 0.3 is 6.03 Å². The minimum atomic E-state index is -0.807. The van der Waals surface area contributed by atoms with E-state index in [-0.39, 0.29) is 18.5 Å². The Balaban J connectivity index is 2.12. The molecule has 0 bridgehead atoms. The van der Waals surface area contributed by atoms with Crippen molar-refractivity contribution in [2.75, 3.05) is 6.26 Å². The summed E-state index contributed by atoms with van der Waals surface area (Å²) in [6.07, 6.45) is 2.54. The van der Waals surface area contributed by atoms with Gasteiger partial charge in [0.25, 0.3) is 5.91 Å². The first kappa shape index (κ1) is 15.2. The quantitative estimate of drug-likeness (QED) is 0.665. The SMILES string of the molecule is CSc1nnc(CN2C(=O)N[C@@](C)(CC(C)C)C2=O)s1. The van der Waals surface area contributed by atoms with Gasteiger partial charge in [-0.3, -0.25) is 9.69 Å². The molecule has 1 fully saturated rings. The van der Waals surface area contributed by atoms with Gasteiger partial charge in [-0.1, -0.05) is 36.9 Å². The Morgan fingerprint density at radius 3 is 2.65 bits per heavy atom. The van der Waals surface area contributed by atoms with Crippen LogP contribution in [0.2, 0.25) is 0 Å². The Hall–Kier alpha value is -1.15. The number of carbonyl (C=O) groups is 2. The normalized spacial score (nSPS) is 22.8. The lowest BCUT2D eigenvalue weighted by molar-refractivity contribution is -0.131. The molecule has 3 amide bonds. The van der Waals surface area contributed by atoms with Gasteiger partial charge in [0.1, 0.15) is 10.5 Å². The summed E-state index contributed by atoms with van der Waals surface area (Å²) in [5.41, 5.74) is -0.807. The number of hydrogen-bond acceptors (Lipinski definition) is 6. The van der Waals surface area contributed by atoms with Gasteiger partial charge in [-0.2, -0.15) is 0 Å². The Morgan fingerprint density at radius 2 is 2.10 bits per heavy atom. The molecule has 0 radical (unpaired) electrons. The van der Waals surface area contributed by atoms with E-state index in [1.807, 2.05) is 20.1 Å². The fourth-order valence-corrected chi connectivity index (χ4v) is 3.67. The van der Waals surface area contributed by atoms with Crippen molar-refractivity contribution in [2.24, 2.45) is 5.92 Å². The Labute approximate surface area is 126 Å². The molecule has 1 aliphatic heterocycles. The van der Waals surface area contributed by atoms with Gasteiger partial charge in [0.2, 0.25) is 0 Å². The highest BCUT2D eigenvalue weighted by molar-refractivity contribution is 8.00. The van der Waals surface area contributed by atoms with E-state index in [0.717, 1.165) is 4.34 Å². The average molecular weight is 314 g/mol. The number of carbonyl (C=O) groups excluding carboxylic acids is 2. The van der Waals surface area contributed by atoms with Crippen LogP contribution in [-0.4, -0.2) is 38.8 Å². The molecule has 1 atom stereocenters. The topological polar surface area (TPSA) is 75.2 Å². The third-order valence-electron chi connectivity index (χ3n) is 3.08. The lowest BCUT2D eigenvalue weighted by Gasteiger charge is -2.23. The summed E-state index contributed by atoms with van der Waals surface area (Å²) in [7, 11) is 0. The predicted octanol–water partition coefficient (Wildman–Crippen LogP) is 2.12. The third kappa shape index (κ3) is 2.95. The van der Waals surface area contributed by atoms with Crippen molar-refractivity contribution in [3.05, 3.63) is 5.01 Å². The molecule has 0 saturated carbocycles. The molecule has 2 rings (SSSR count). The highest BCUT2D eigenvalue weighted by Crippen LogP contribution is 2.27. The zero-order valence-corrected chi connectivity index (χ0v) is 13.6. The Kier molecular flexibility index (Phi) is 4.33. The van der Waals surface area contributed by atoms with Crippen LogP contribution in [0.3, 0.4) is 0 Å². The van der Waals surface area contributed by atoms with Gasteiger partial charge in [0.05, 0.1) is 6.54 Å². The summed E-state index contributed by atoms with van der Waals surface area (Å²) in [6, 6.07) is -0.348. The van der Waals surface area contributed by atoms with E-state index >= 15 is 0 Å². The van der Waals surface area contributed by atoms with Crippen LogP contribution in [0.5, 0.6) is 0 Å². The van der Waals surface area contributed by atoms with Crippen molar-refractivity contribution >= 4 is 35.0 Å². The number of imide groups is 1. The molecule has 2 heterocycles. The van der Waals surface area contributed by atoms with Crippen molar-refractivity contribution < 1.29 is 9.59 Å². The lowest BCUT2D eigenvalue weighted by atomic mass is 9.91. The summed E-state index contributed by atoms with van der Waals surface area (Å²) in [5, 5.41) is 11.4. The second-order valence-corrected chi connectivity index (χ2v) is 7.53. The smallest absolute Gasteiger partial charge is 0.323 e. The maximum atomic E-state index is 12.4.